The summed E-state index contributed by atoms with van der Waals surface area (Å²) in [7, 11) is 0. The second kappa shape index (κ2) is 3.91. The first-order chi connectivity index (χ1) is 6.07. The number of rotatable bonds is 2. The minimum Gasteiger partial charge on any atom is -0.225 e. The summed E-state index contributed by atoms with van der Waals surface area (Å²) in [5.41, 5.74) is -1.21. The maximum atomic E-state index is 12.8. The van der Waals surface area contributed by atoms with Crippen molar-refractivity contribution >= 4 is 11.6 Å². The van der Waals surface area contributed by atoms with Crippen molar-refractivity contribution in [1.29, 1.82) is 0 Å². The summed E-state index contributed by atoms with van der Waals surface area (Å²) in [5, 5.41) is 0. The summed E-state index contributed by atoms with van der Waals surface area (Å²) >= 11 is 5.19. The van der Waals surface area contributed by atoms with E-state index in [0.717, 1.165) is 0 Å². The summed E-state index contributed by atoms with van der Waals surface area (Å²) in [4.78, 5) is 2.83. The first-order valence-corrected chi connectivity index (χ1v) is 3.78. The van der Waals surface area contributed by atoms with Crippen LogP contribution in [0.15, 0.2) is 6.20 Å². The van der Waals surface area contributed by atoms with Crippen LogP contribution >= 0.6 is 11.6 Å². The molecule has 1 aromatic rings. The SMILES string of the molecule is Fc1ncc(C(F)F)c(CCl)c1F. The van der Waals surface area contributed by atoms with Gasteiger partial charge >= 0.3 is 0 Å². The van der Waals surface area contributed by atoms with E-state index in [1.54, 1.807) is 0 Å². The lowest BCUT2D eigenvalue weighted by atomic mass is 10.1. The quantitative estimate of drug-likeness (QED) is 0.418. The Kier molecular flexibility index (Phi) is 3.08. The normalized spacial score (nSPS) is 10.9. The van der Waals surface area contributed by atoms with E-state index in [0.29, 0.717) is 6.20 Å². The van der Waals surface area contributed by atoms with Gasteiger partial charge in [0.1, 0.15) is 0 Å². The van der Waals surface area contributed by atoms with Crippen LogP contribution in [0.3, 0.4) is 0 Å². The van der Waals surface area contributed by atoms with Gasteiger partial charge in [0.2, 0.25) is 5.95 Å². The van der Waals surface area contributed by atoms with Gasteiger partial charge in [-0.15, -0.1) is 11.6 Å². The molecule has 13 heavy (non-hydrogen) atoms. The fourth-order valence-electron chi connectivity index (χ4n) is 0.836. The van der Waals surface area contributed by atoms with Crippen molar-refractivity contribution < 1.29 is 17.6 Å². The summed E-state index contributed by atoms with van der Waals surface area (Å²) in [6.45, 7) is 0. The highest BCUT2D eigenvalue weighted by Gasteiger charge is 2.19. The van der Waals surface area contributed by atoms with Gasteiger partial charge in [0.15, 0.2) is 5.82 Å². The molecule has 1 aromatic heterocycles. The lowest BCUT2D eigenvalue weighted by molar-refractivity contribution is 0.149. The summed E-state index contributed by atoms with van der Waals surface area (Å²) in [6.07, 6.45) is -2.32. The second-order valence-electron chi connectivity index (χ2n) is 2.23. The number of pyridine rings is 1. The van der Waals surface area contributed by atoms with E-state index in [1.165, 1.54) is 0 Å². The Morgan fingerprint density at radius 3 is 2.46 bits per heavy atom. The van der Waals surface area contributed by atoms with Crippen molar-refractivity contribution in [1.82, 2.24) is 4.98 Å². The zero-order chi connectivity index (χ0) is 10.0. The van der Waals surface area contributed by atoms with Gasteiger partial charge in [-0.2, -0.15) is 4.39 Å². The van der Waals surface area contributed by atoms with E-state index in [4.69, 9.17) is 11.6 Å². The first kappa shape index (κ1) is 10.2. The predicted octanol–water partition coefficient (Wildman–Crippen LogP) is 3.04. The minimum atomic E-state index is -2.91. The number of halogens is 5. The molecule has 0 fully saturated rings. The van der Waals surface area contributed by atoms with E-state index in [1.807, 2.05) is 0 Å². The van der Waals surface area contributed by atoms with Gasteiger partial charge in [0.05, 0.1) is 5.88 Å². The van der Waals surface area contributed by atoms with Crippen LogP contribution in [0.4, 0.5) is 17.6 Å². The molecule has 0 amide bonds. The second-order valence-corrected chi connectivity index (χ2v) is 2.50. The van der Waals surface area contributed by atoms with Crippen LogP contribution in [0.25, 0.3) is 0 Å². The van der Waals surface area contributed by atoms with Gasteiger partial charge in [-0.3, -0.25) is 0 Å². The smallest absolute Gasteiger partial charge is 0.225 e. The lowest BCUT2D eigenvalue weighted by Crippen LogP contribution is -2.02. The maximum Gasteiger partial charge on any atom is 0.265 e. The Morgan fingerprint density at radius 2 is 2.00 bits per heavy atom. The number of hydrogen-bond donors (Lipinski definition) is 0. The van der Waals surface area contributed by atoms with E-state index in [2.05, 4.69) is 4.98 Å². The van der Waals surface area contributed by atoms with Crippen LogP contribution in [0.5, 0.6) is 0 Å². The van der Waals surface area contributed by atoms with Gasteiger partial charge in [0.25, 0.3) is 6.43 Å². The molecule has 0 N–H and O–H groups in total. The molecule has 0 aliphatic heterocycles. The number of alkyl halides is 3. The van der Waals surface area contributed by atoms with Gasteiger partial charge in [-0.1, -0.05) is 0 Å². The van der Waals surface area contributed by atoms with Crippen LogP contribution < -0.4 is 0 Å². The third kappa shape index (κ3) is 1.91. The highest BCUT2D eigenvalue weighted by molar-refractivity contribution is 6.17. The fraction of sp³-hybridized carbons (Fsp3) is 0.286. The Balaban J connectivity index is 3.30. The van der Waals surface area contributed by atoms with Crippen molar-refractivity contribution in [3.8, 4) is 0 Å². The Bertz CT molecular complexity index is 316. The molecule has 0 saturated carbocycles. The molecule has 0 aliphatic rings. The van der Waals surface area contributed by atoms with E-state index < -0.39 is 35.2 Å². The average molecular weight is 214 g/mol. The standard InChI is InChI=1S/C7H4ClF4N/c8-1-3-4(6(10)11)2-13-7(12)5(3)9/h2,6H,1H2. The van der Waals surface area contributed by atoms with Gasteiger partial charge < -0.3 is 0 Å². The van der Waals surface area contributed by atoms with E-state index in [-0.39, 0.29) is 0 Å². The predicted molar refractivity (Wildman–Crippen MR) is 38.7 cm³/mol. The van der Waals surface area contributed by atoms with Crippen LogP contribution in [-0.4, -0.2) is 4.98 Å². The molecule has 0 radical (unpaired) electrons. The molecule has 0 saturated heterocycles. The van der Waals surface area contributed by atoms with Gasteiger partial charge in [-0.25, -0.2) is 18.2 Å². The molecule has 1 heterocycles. The molecule has 0 aromatic carbocycles. The van der Waals surface area contributed by atoms with Crippen molar-refractivity contribution in [3.05, 3.63) is 29.1 Å². The molecule has 1 rings (SSSR count). The van der Waals surface area contributed by atoms with Gasteiger partial charge in [0, 0.05) is 17.3 Å². The molecular weight excluding hydrogens is 210 g/mol. The third-order valence-corrected chi connectivity index (χ3v) is 1.75. The number of aromatic nitrogens is 1. The Labute approximate surface area is 76.3 Å². The third-order valence-electron chi connectivity index (χ3n) is 1.48. The zero-order valence-electron chi connectivity index (χ0n) is 6.20. The fourth-order valence-corrected chi connectivity index (χ4v) is 1.11. The molecular formula is C7H4ClF4N. The van der Waals surface area contributed by atoms with Crippen LogP contribution in [-0.2, 0) is 5.88 Å². The molecule has 0 bridgehead atoms. The van der Waals surface area contributed by atoms with Crippen molar-refractivity contribution in [3.63, 3.8) is 0 Å². The molecule has 0 unspecified atom stereocenters. The van der Waals surface area contributed by atoms with Crippen LogP contribution in [0, 0.1) is 11.8 Å². The molecule has 0 atom stereocenters. The lowest BCUT2D eigenvalue weighted by Gasteiger charge is -2.06. The highest BCUT2D eigenvalue weighted by atomic mass is 35.5. The summed E-state index contributed by atoms with van der Waals surface area (Å²) < 4.78 is 49.5. The molecule has 1 nitrogen and oxygen atoms in total. The minimum absolute atomic E-state index is 0.509. The molecule has 72 valence electrons. The van der Waals surface area contributed by atoms with Crippen molar-refractivity contribution in [2.45, 2.75) is 12.3 Å². The summed E-state index contributed by atoms with van der Waals surface area (Å²) in [5.74, 6) is -3.34. The first-order valence-electron chi connectivity index (χ1n) is 3.24. The zero-order valence-corrected chi connectivity index (χ0v) is 6.95. The monoisotopic (exact) mass is 213 g/mol. The van der Waals surface area contributed by atoms with Crippen LogP contribution in [0.1, 0.15) is 17.6 Å². The topological polar surface area (TPSA) is 12.9 Å². The van der Waals surface area contributed by atoms with Crippen molar-refractivity contribution in [2.24, 2.45) is 0 Å². The van der Waals surface area contributed by atoms with E-state index in [9.17, 15) is 17.6 Å². The Morgan fingerprint density at radius 1 is 1.38 bits per heavy atom. The van der Waals surface area contributed by atoms with Gasteiger partial charge in [-0.05, 0) is 0 Å². The highest BCUT2D eigenvalue weighted by Crippen LogP contribution is 2.26. The number of nitrogens with zero attached hydrogens (tertiary/aromatic N) is 1. The van der Waals surface area contributed by atoms with E-state index >= 15 is 0 Å². The molecule has 6 heteroatoms. The maximum absolute atomic E-state index is 12.8. The molecule has 0 aliphatic carbocycles. The Hall–Kier alpha value is -0.840. The largest absolute Gasteiger partial charge is 0.265 e. The summed E-state index contributed by atoms with van der Waals surface area (Å²) in [6, 6.07) is 0. The van der Waals surface area contributed by atoms with Crippen LogP contribution in [0.2, 0.25) is 0 Å². The molecule has 0 spiro atoms. The number of hydrogen-bond acceptors (Lipinski definition) is 1. The van der Waals surface area contributed by atoms with Crippen molar-refractivity contribution in [2.75, 3.05) is 0 Å². The average Bonchev–Trinajstić information content (AvgIpc) is 2.09.